The van der Waals surface area contributed by atoms with E-state index in [0.717, 1.165) is 20.8 Å². The van der Waals surface area contributed by atoms with Gasteiger partial charge >= 0.3 is 0 Å². The Labute approximate surface area is 114 Å². The Morgan fingerprint density at radius 2 is 2.12 bits per heavy atom. The molecule has 2 nitrogen and oxygen atoms in total. The monoisotopic (exact) mass is 284 g/mol. The molecule has 1 N–H and O–H groups in total. The van der Waals surface area contributed by atoms with Crippen molar-refractivity contribution in [2.75, 3.05) is 11.5 Å². The maximum Gasteiger partial charge on any atom is 0.178 e. The average Bonchev–Trinajstić information content (AvgIpc) is 2.65. The zero-order valence-corrected chi connectivity index (χ0v) is 11.7. The molecule has 1 aliphatic rings. The highest BCUT2D eigenvalue weighted by Gasteiger charge is 2.18. The van der Waals surface area contributed by atoms with Crippen molar-refractivity contribution in [2.45, 2.75) is 18.9 Å². The van der Waals surface area contributed by atoms with Crippen LogP contribution >= 0.6 is 35.6 Å². The molecule has 0 amide bonds. The summed E-state index contributed by atoms with van der Waals surface area (Å²) in [6.07, 6.45) is 2.39. The molecule has 5 heteroatoms. The molecule has 1 fully saturated rings. The van der Waals surface area contributed by atoms with Gasteiger partial charge in [-0.15, -0.1) is 0 Å². The second-order valence-corrected chi connectivity index (χ2v) is 6.35. The number of nitrogens with zero attached hydrogens (tertiary/aromatic N) is 1. The van der Waals surface area contributed by atoms with Gasteiger partial charge in [-0.2, -0.15) is 11.8 Å². The molecule has 2 aromatic rings. The molecule has 90 valence electrons. The molecule has 1 aromatic carbocycles. The van der Waals surface area contributed by atoms with Crippen molar-refractivity contribution in [2.24, 2.45) is 0 Å². The highest BCUT2D eigenvalue weighted by molar-refractivity contribution is 7.99. The number of nitrogens with one attached hydrogen (secondary N) is 1. The first kappa shape index (κ1) is 11.6. The van der Waals surface area contributed by atoms with Crippen LogP contribution in [-0.4, -0.2) is 21.1 Å². The molecule has 17 heavy (non-hydrogen) atoms. The standard InChI is InChI=1S/C12H13ClN2S2/c13-8-1-2-10-11(7-8)15(12(16)14-10)9-3-5-17-6-4-9/h1-2,7,9H,3-6H2,(H,14,16). The highest BCUT2D eigenvalue weighted by atomic mass is 35.5. The van der Waals surface area contributed by atoms with E-state index in [9.17, 15) is 0 Å². The molecule has 3 rings (SSSR count). The van der Waals surface area contributed by atoms with Crippen LogP contribution in [0.3, 0.4) is 0 Å². The van der Waals surface area contributed by atoms with Gasteiger partial charge in [0, 0.05) is 11.1 Å². The summed E-state index contributed by atoms with van der Waals surface area (Å²) in [5.74, 6) is 2.44. The third-order valence-electron chi connectivity index (χ3n) is 3.24. The predicted octanol–water partition coefficient (Wildman–Crippen LogP) is 4.42. The number of aromatic amines is 1. The van der Waals surface area contributed by atoms with E-state index in [0.29, 0.717) is 6.04 Å². The number of thioether (sulfide) groups is 1. The number of aromatic nitrogens is 2. The van der Waals surface area contributed by atoms with Crippen molar-refractivity contribution in [3.63, 3.8) is 0 Å². The summed E-state index contributed by atoms with van der Waals surface area (Å²) in [7, 11) is 0. The summed E-state index contributed by atoms with van der Waals surface area (Å²) in [4.78, 5) is 3.26. The summed E-state index contributed by atoms with van der Waals surface area (Å²) in [5.41, 5.74) is 2.22. The fraction of sp³-hybridized carbons (Fsp3) is 0.417. The topological polar surface area (TPSA) is 20.7 Å². The van der Waals surface area contributed by atoms with Gasteiger partial charge in [-0.25, -0.2) is 0 Å². The molecule has 0 spiro atoms. The van der Waals surface area contributed by atoms with Crippen LogP contribution in [0.15, 0.2) is 18.2 Å². The molecule has 0 atom stereocenters. The molecule has 0 aliphatic carbocycles. The van der Waals surface area contributed by atoms with E-state index >= 15 is 0 Å². The maximum absolute atomic E-state index is 6.07. The first-order chi connectivity index (χ1) is 8.25. The minimum atomic E-state index is 0.524. The van der Waals surface area contributed by atoms with Gasteiger partial charge in [-0.1, -0.05) is 11.6 Å². The first-order valence-electron chi connectivity index (χ1n) is 5.73. The van der Waals surface area contributed by atoms with E-state index in [1.165, 1.54) is 24.3 Å². The molecule has 0 unspecified atom stereocenters. The first-order valence-corrected chi connectivity index (χ1v) is 7.67. The van der Waals surface area contributed by atoms with Crippen molar-refractivity contribution in [1.82, 2.24) is 9.55 Å². The van der Waals surface area contributed by atoms with Crippen LogP contribution in [0.25, 0.3) is 11.0 Å². The summed E-state index contributed by atoms with van der Waals surface area (Å²) < 4.78 is 3.06. The molecule has 2 heterocycles. The Kier molecular flexibility index (Phi) is 3.19. The molecular formula is C12H13ClN2S2. The van der Waals surface area contributed by atoms with Gasteiger partial charge in [0.05, 0.1) is 11.0 Å². The summed E-state index contributed by atoms with van der Waals surface area (Å²) >= 11 is 13.5. The van der Waals surface area contributed by atoms with Crippen LogP contribution in [0.5, 0.6) is 0 Å². The van der Waals surface area contributed by atoms with E-state index in [2.05, 4.69) is 9.55 Å². The van der Waals surface area contributed by atoms with Gasteiger partial charge in [0.1, 0.15) is 0 Å². The average molecular weight is 285 g/mol. The third-order valence-corrected chi connectivity index (χ3v) is 4.82. The molecule has 1 aromatic heterocycles. The van der Waals surface area contributed by atoms with Crippen LogP contribution in [-0.2, 0) is 0 Å². The number of rotatable bonds is 1. The minimum Gasteiger partial charge on any atom is -0.331 e. The Morgan fingerprint density at radius 1 is 1.35 bits per heavy atom. The molecule has 0 bridgehead atoms. The number of fused-ring (bicyclic) bond motifs is 1. The molecule has 0 saturated carbocycles. The Morgan fingerprint density at radius 3 is 2.88 bits per heavy atom. The van der Waals surface area contributed by atoms with E-state index in [4.69, 9.17) is 23.8 Å². The van der Waals surface area contributed by atoms with Crippen LogP contribution in [0.4, 0.5) is 0 Å². The largest absolute Gasteiger partial charge is 0.331 e. The van der Waals surface area contributed by atoms with Gasteiger partial charge in [-0.05, 0) is 54.8 Å². The molecule has 1 saturated heterocycles. The number of benzene rings is 1. The highest BCUT2D eigenvalue weighted by Crippen LogP contribution is 2.31. The van der Waals surface area contributed by atoms with Crippen LogP contribution in [0.1, 0.15) is 18.9 Å². The van der Waals surface area contributed by atoms with Gasteiger partial charge < -0.3 is 9.55 Å². The fourth-order valence-corrected chi connectivity index (χ4v) is 4.01. The number of halogens is 1. The van der Waals surface area contributed by atoms with E-state index < -0.39 is 0 Å². The predicted molar refractivity (Wildman–Crippen MR) is 77.7 cm³/mol. The number of H-pyrrole nitrogens is 1. The zero-order chi connectivity index (χ0) is 11.8. The zero-order valence-electron chi connectivity index (χ0n) is 9.28. The quantitative estimate of drug-likeness (QED) is 0.783. The number of hydrogen-bond acceptors (Lipinski definition) is 2. The molecule has 0 radical (unpaired) electrons. The lowest BCUT2D eigenvalue weighted by molar-refractivity contribution is 0.476. The lowest BCUT2D eigenvalue weighted by Gasteiger charge is -2.23. The van der Waals surface area contributed by atoms with Gasteiger partial charge in [0.25, 0.3) is 0 Å². The number of hydrogen-bond donors (Lipinski definition) is 1. The Hall–Kier alpha value is -0.450. The van der Waals surface area contributed by atoms with Gasteiger partial charge in [0.2, 0.25) is 0 Å². The maximum atomic E-state index is 6.07. The van der Waals surface area contributed by atoms with E-state index in [1.54, 1.807) is 0 Å². The molecule has 1 aliphatic heterocycles. The van der Waals surface area contributed by atoms with Crippen LogP contribution < -0.4 is 0 Å². The smallest absolute Gasteiger partial charge is 0.178 e. The minimum absolute atomic E-state index is 0.524. The lowest BCUT2D eigenvalue weighted by Crippen LogP contribution is -2.15. The van der Waals surface area contributed by atoms with Crippen LogP contribution in [0.2, 0.25) is 5.02 Å². The summed E-state index contributed by atoms with van der Waals surface area (Å²) in [5, 5.41) is 0.769. The second kappa shape index (κ2) is 4.67. The van der Waals surface area contributed by atoms with Crippen molar-refractivity contribution >= 4 is 46.6 Å². The Bertz CT molecular complexity index is 596. The SMILES string of the molecule is S=c1[nH]c2ccc(Cl)cc2n1C1CCSCC1. The fourth-order valence-electron chi connectivity index (χ4n) is 2.40. The van der Waals surface area contributed by atoms with E-state index in [1.807, 2.05) is 30.0 Å². The van der Waals surface area contributed by atoms with Crippen molar-refractivity contribution < 1.29 is 0 Å². The number of imidazole rings is 1. The normalized spacial score (nSPS) is 17.7. The van der Waals surface area contributed by atoms with Gasteiger partial charge in [0.15, 0.2) is 4.77 Å². The van der Waals surface area contributed by atoms with Crippen molar-refractivity contribution in [3.05, 3.63) is 28.0 Å². The van der Waals surface area contributed by atoms with E-state index in [-0.39, 0.29) is 0 Å². The van der Waals surface area contributed by atoms with Crippen LogP contribution in [0, 0.1) is 4.77 Å². The van der Waals surface area contributed by atoms with Gasteiger partial charge in [-0.3, -0.25) is 0 Å². The van der Waals surface area contributed by atoms with Crippen molar-refractivity contribution in [3.8, 4) is 0 Å². The molecular weight excluding hydrogens is 272 g/mol. The third kappa shape index (κ3) is 2.14. The summed E-state index contributed by atoms with van der Waals surface area (Å²) in [6.45, 7) is 0. The second-order valence-electron chi connectivity index (χ2n) is 4.31. The Balaban J connectivity index is 2.16. The summed E-state index contributed by atoms with van der Waals surface area (Å²) in [6, 6.07) is 6.43. The lowest BCUT2D eigenvalue weighted by atomic mass is 10.1. The van der Waals surface area contributed by atoms with Crippen molar-refractivity contribution in [1.29, 1.82) is 0 Å².